The molecule has 0 aliphatic carbocycles. The number of nitrogens with two attached hydrogens (primary N) is 1. The summed E-state index contributed by atoms with van der Waals surface area (Å²) in [6, 6.07) is 16.1. The molecule has 0 saturated carbocycles. The second-order valence-corrected chi connectivity index (χ2v) is 4.09. The summed E-state index contributed by atoms with van der Waals surface area (Å²) < 4.78 is 0. The van der Waals surface area contributed by atoms with Crippen molar-refractivity contribution in [2.45, 2.75) is 13.3 Å². The van der Waals surface area contributed by atoms with Crippen LogP contribution in [-0.2, 0) is 6.42 Å². The number of aryl methyl sites for hydroxylation is 1. The topological polar surface area (TPSA) is 26.0 Å². The molecule has 2 rings (SSSR count). The lowest BCUT2D eigenvalue weighted by atomic mass is 10.1. The maximum absolute atomic E-state index is 5.62. The van der Waals surface area contributed by atoms with Gasteiger partial charge in [0.1, 0.15) is 0 Å². The zero-order valence-electron chi connectivity index (χ0n) is 9.90. The van der Waals surface area contributed by atoms with Gasteiger partial charge >= 0.3 is 0 Å². The molecule has 0 heterocycles. The lowest BCUT2D eigenvalue weighted by Gasteiger charge is -1.95. The molecule has 1 nitrogen and oxygen atoms in total. The molecule has 17 heavy (non-hydrogen) atoms. The minimum absolute atomic E-state index is 0.758. The number of hydrogen-bond donors (Lipinski definition) is 1. The van der Waals surface area contributed by atoms with Crippen molar-refractivity contribution in [3.8, 4) is 11.8 Å². The summed E-state index contributed by atoms with van der Waals surface area (Å²) in [7, 11) is 0. The van der Waals surface area contributed by atoms with Gasteiger partial charge in [-0.25, -0.2) is 0 Å². The fraction of sp³-hybridized carbons (Fsp3) is 0.125. The average molecular weight is 221 g/mol. The first-order chi connectivity index (χ1) is 8.24. The normalized spacial score (nSPS) is 9.47. The van der Waals surface area contributed by atoms with Gasteiger partial charge in [-0.3, -0.25) is 0 Å². The first kappa shape index (κ1) is 11.3. The molecule has 0 saturated heterocycles. The third-order valence-corrected chi connectivity index (χ3v) is 2.56. The maximum Gasteiger partial charge on any atom is 0.0344 e. The number of rotatable bonds is 1. The van der Waals surface area contributed by atoms with Crippen LogP contribution in [0.5, 0.6) is 0 Å². The van der Waals surface area contributed by atoms with E-state index in [-0.39, 0.29) is 0 Å². The lowest BCUT2D eigenvalue weighted by Crippen LogP contribution is -1.86. The zero-order valence-corrected chi connectivity index (χ0v) is 9.90. The van der Waals surface area contributed by atoms with Crippen LogP contribution in [0, 0.1) is 18.8 Å². The minimum Gasteiger partial charge on any atom is -0.399 e. The summed E-state index contributed by atoms with van der Waals surface area (Å²) >= 11 is 0. The van der Waals surface area contributed by atoms with Gasteiger partial charge in [0.2, 0.25) is 0 Å². The summed E-state index contributed by atoms with van der Waals surface area (Å²) in [5.41, 5.74) is 9.93. The summed E-state index contributed by atoms with van der Waals surface area (Å²) in [5.74, 6) is 6.32. The Hall–Kier alpha value is -2.20. The average Bonchev–Trinajstić information content (AvgIpc) is 2.34. The van der Waals surface area contributed by atoms with Gasteiger partial charge in [-0.1, -0.05) is 41.7 Å². The highest BCUT2D eigenvalue weighted by Gasteiger charge is 1.89. The number of nitrogen functional groups attached to an aromatic ring is 1. The van der Waals surface area contributed by atoms with E-state index in [2.05, 4.69) is 30.9 Å². The molecule has 84 valence electrons. The third-order valence-electron chi connectivity index (χ3n) is 2.56. The Kier molecular flexibility index (Phi) is 3.47. The molecular weight excluding hydrogens is 206 g/mol. The van der Waals surface area contributed by atoms with Crippen LogP contribution in [-0.4, -0.2) is 0 Å². The molecule has 2 aromatic rings. The van der Waals surface area contributed by atoms with E-state index in [0.717, 1.165) is 17.7 Å². The van der Waals surface area contributed by atoms with Crippen molar-refractivity contribution in [1.29, 1.82) is 0 Å². The van der Waals surface area contributed by atoms with Crippen LogP contribution in [0.1, 0.15) is 16.7 Å². The molecule has 0 fully saturated rings. The number of anilines is 1. The minimum atomic E-state index is 0.758. The summed E-state index contributed by atoms with van der Waals surface area (Å²) in [6.07, 6.45) is 0.758. The first-order valence-corrected chi connectivity index (χ1v) is 5.64. The van der Waals surface area contributed by atoms with Crippen molar-refractivity contribution in [1.82, 2.24) is 0 Å². The molecule has 0 unspecified atom stereocenters. The van der Waals surface area contributed by atoms with Crippen molar-refractivity contribution < 1.29 is 0 Å². The van der Waals surface area contributed by atoms with Crippen molar-refractivity contribution in [3.63, 3.8) is 0 Å². The van der Waals surface area contributed by atoms with Gasteiger partial charge in [-0.05, 0) is 36.8 Å². The Morgan fingerprint density at radius 1 is 0.941 bits per heavy atom. The van der Waals surface area contributed by atoms with Crippen LogP contribution in [0.25, 0.3) is 0 Å². The molecule has 0 amide bonds. The lowest BCUT2D eigenvalue weighted by molar-refractivity contribution is 1.32. The van der Waals surface area contributed by atoms with Crippen LogP contribution >= 0.6 is 0 Å². The molecule has 0 spiro atoms. The molecule has 0 bridgehead atoms. The smallest absolute Gasteiger partial charge is 0.0344 e. The summed E-state index contributed by atoms with van der Waals surface area (Å²) in [4.78, 5) is 0. The molecule has 1 heteroatoms. The van der Waals surface area contributed by atoms with Crippen LogP contribution in [0.2, 0.25) is 0 Å². The fourth-order valence-electron chi connectivity index (χ4n) is 1.52. The van der Waals surface area contributed by atoms with Crippen LogP contribution in [0.4, 0.5) is 5.69 Å². The van der Waals surface area contributed by atoms with E-state index in [4.69, 9.17) is 5.73 Å². The van der Waals surface area contributed by atoms with Crippen LogP contribution in [0.15, 0.2) is 48.5 Å². The molecule has 0 aliphatic heterocycles. The van der Waals surface area contributed by atoms with Crippen LogP contribution < -0.4 is 5.73 Å². The molecule has 0 radical (unpaired) electrons. The Labute approximate surface area is 102 Å². The van der Waals surface area contributed by atoms with E-state index in [1.807, 2.05) is 36.4 Å². The van der Waals surface area contributed by atoms with Gasteiger partial charge in [0.15, 0.2) is 0 Å². The number of hydrogen-bond acceptors (Lipinski definition) is 1. The quantitative estimate of drug-likeness (QED) is 0.581. The van der Waals surface area contributed by atoms with Crippen molar-refractivity contribution in [3.05, 3.63) is 65.2 Å². The van der Waals surface area contributed by atoms with Gasteiger partial charge in [-0.15, -0.1) is 0 Å². The van der Waals surface area contributed by atoms with Gasteiger partial charge in [0, 0.05) is 17.7 Å². The van der Waals surface area contributed by atoms with Gasteiger partial charge < -0.3 is 5.73 Å². The van der Waals surface area contributed by atoms with E-state index < -0.39 is 0 Å². The van der Waals surface area contributed by atoms with E-state index in [1.54, 1.807) is 0 Å². The highest BCUT2D eigenvalue weighted by Crippen LogP contribution is 2.06. The van der Waals surface area contributed by atoms with Crippen molar-refractivity contribution >= 4 is 5.69 Å². The monoisotopic (exact) mass is 221 g/mol. The number of benzene rings is 2. The largest absolute Gasteiger partial charge is 0.399 e. The van der Waals surface area contributed by atoms with Crippen molar-refractivity contribution in [2.75, 3.05) is 5.73 Å². The van der Waals surface area contributed by atoms with Crippen molar-refractivity contribution in [2.24, 2.45) is 0 Å². The predicted molar refractivity (Wildman–Crippen MR) is 72.6 cm³/mol. The van der Waals surface area contributed by atoms with Gasteiger partial charge in [-0.2, -0.15) is 0 Å². The zero-order chi connectivity index (χ0) is 12.1. The molecule has 0 aliphatic rings. The highest BCUT2D eigenvalue weighted by molar-refractivity contribution is 5.41. The third kappa shape index (κ3) is 3.39. The van der Waals surface area contributed by atoms with E-state index in [9.17, 15) is 0 Å². The Bertz CT molecular complexity index is 539. The van der Waals surface area contributed by atoms with E-state index in [0.29, 0.717) is 0 Å². The molecule has 2 N–H and O–H groups in total. The standard InChI is InChI=1S/C16H15N/c1-13-5-7-14(8-6-13)3-2-4-15-9-11-16(17)12-10-15/h5-12H,4,17H2,1H3. The summed E-state index contributed by atoms with van der Waals surface area (Å²) in [6.45, 7) is 2.07. The van der Waals surface area contributed by atoms with Gasteiger partial charge in [0.25, 0.3) is 0 Å². The Morgan fingerprint density at radius 3 is 2.24 bits per heavy atom. The molecule has 0 aromatic heterocycles. The summed E-state index contributed by atoms with van der Waals surface area (Å²) in [5, 5.41) is 0. The molecular formula is C16H15N. The molecule has 2 aromatic carbocycles. The van der Waals surface area contributed by atoms with Gasteiger partial charge in [0.05, 0.1) is 0 Å². The maximum atomic E-state index is 5.62. The second kappa shape index (κ2) is 5.23. The Morgan fingerprint density at radius 2 is 1.59 bits per heavy atom. The molecule has 0 atom stereocenters. The second-order valence-electron chi connectivity index (χ2n) is 4.09. The highest BCUT2D eigenvalue weighted by atomic mass is 14.5. The van der Waals surface area contributed by atoms with E-state index in [1.165, 1.54) is 11.1 Å². The Balaban J connectivity index is 2.03. The first-order valence-electron chi connectivity index (χ1n) is 5.64. The van der Waals surface area contributed by atoms with Crippen LogP contribution in [0.3, 0.4) is 0 Å². The SMILES string of the molecule is Cc1ccc(C#CCc2ccc(N)cc2)cc1. The van der Waals surface area contributed by atoms with E-state index >= 15 is 0 Å². The predicted octanol–water partition coefficient (Wildman–Crippen LogP) is 3.17. The fourth-order valence-corrected chi connectivity index (χ4v) is 1.52.